The summed E-state index contributed by atoms with van der Waals surface area (Å²) >= 11 is 0. The van der Waals surface area contributed by atoms with Gasteiger partial charge in [0.25, 0.3) is 5.91 Å². The van der Waals surface area contributed by atoms with Gasteiger partial charge in [-0.3, -0.25) is 9.59 Å². The van der Waals surface area contributed by atoms with E-state index in [9.17, 15) is 19.5 Å². The molecule has 2 atom stereocenters. The van der Waals surface area contributed by atoms with Gasteiger partial charge in [-0.15, -0.1) is 0 Å². The molecule has 2 aromatic carbocycles. The lowest BCUT2D eigenvalue weighted by Crippen LogP contribution is -2.51. The van der Waals surface area contributed by atoms with Crippen molar-refractivity contribution >= 4 is 17.9 Å². The van der Waals surface area contributed by atoms with Crippen LogP contribution in [0.5, 0.6) is 0 Å². The Morgan fingerprint density at radius 2 is 1.70 bits per heavy atom. The number of ether oxygens (including phenoxy) is 1. The summed E-state index contributed by atoms with van der Waals surface area (Å²) in [4.78, 5) is 47.6. The first-order valence-corrected chi connectivity index (χ1v) is 15.0. The molecule has 1 aromatic heterocycles. The van der Waals surface area contributed by atoms with Gasteiger partial charge >= 0.3 is 6.09 Å². The molecule has 10 nitrogen and oxygen atoms in total. The lowest BCUT2D eigenvalue weighted by Gasteiger charge is -2.34. The van der Waals surface area contributed by atoms with Crippen LogP contribution in [0.3, 0.4) is 0 Å². The Kier molecular flexibility index (Phi) is 11.7. The number of hydrogen-bond acceptors (Lipinski definition) is 7. The lowest BCUT2D eigenvalue weighted by atomic mass is 10.00. The molecule has 0 bridgehead atoms. The van der Waals surface area contributed by atoms with Crippen LogP contribution in [0.2, 0.25) is 0 Å². The minimum atomic E-state index is -0.887. The highest BCUT2D eigenvalue weighted by Crippen LogP contribution is 2.24. The third kappa shape index (κ3) is 9.15. The molecular weight excluding hydrogens is 548 g/mol. The van der Waals surface area contributed by atoms with Crippen LogP contribution in [-0.2, 0) is 22.6 Å². The highest BCUT2D eigenvalue weighted by molar-refractivity contribution is 5.92. The van der Waals surface area contributed by atoms with Gasteiger partial charge in [0.2, 0.25) is 5.91 Å². The lowest BCUT2D eigenvalue weighted by molar-refractivity contribution is -0.137. The maximum absolute atomic E-state index is 14.1. The number of benzene rings is 2. The molecule has 1 fully saturated rings. The number of nitrogens with one attached hydrogen (secondary N) is 1. The number of likely N-dealkylation sites (tertiary alicyclic amines) is 1. The number of oxazole rings is 1. The minimum Gasteiger partial charge on any atom is -0.448 e. The Labute approximate surface area is 253 Å². The van der Waals surface area contributed by atoms with Crippen molar-refractivity contribution < 1.29 is 28.6 Å². The molecule has 230 valence electrons. The quantitative estimate of drug-likeness (QED) is 0.294. The predicted octanol–water partition coefficient (Wildman–Crippen LogP) is 4.75. The normalized spacial score (nSPS) is 14.7. The molecule has 1 aliphatic rings. The van der Waals surface area contributed by atoms with Crippen LogP contribution in [0.1, 0.15) is 73.1 Å². The smallest absolute Gasteiger partial charge is 0.408 e. The number of nitrogens with zero attached hydrogens (tertiary/aromatic N) is 3. The summed E-state index contributed by atoms with van der Waals surface area (Å²) in [5.74, 6) is -0.108. The first-order chi connectivity index (χ1) is 20.9. The van der Waals surface area contributed by atoms with Gasteiger partial charge in [-0.2, -0.15) is 0 Å². The Morgan fingerprint density at radius 1 is 1.02 bits per heavy atom. The zero-order valence-corrected chi connectivity index (χ0v) is 25.0. The van der Waals surface area contributed by atoms with E-state index in [0.29, 0.717) is 25.4 Å². The first-order valence-electron chi connectivity index (χ1n) is 15.0. The topological polar surface area (TPSA) is 125 Å². The van der Waals surface area contributed by atoms with Crippen molar-refractivity contribution in [2.75, 3.05) is 26.2 Å². The standard InChI is InChI=1S/C33H42N4O6/c1-24(2)20-27(35-33(41)43-22-25-12-6-3-7-13-25)32(40)37(29(21-38)26-14-8-4-9-15-26)19-16-30-34-28(23-42-30)31(39)36-17-10-5-11-18-36/h3-4,6-9,12-15,23-24,27,29,38H,5,10-11,16-22H2,1-2H3,(H,35,41). The molecule has 1 saturated heterocycles. The number of aliphatic hydroxyl groups excluding tert-OH is 1. The summed E-state index contributed by atoms with van der Waals surface area (Å²) in [7, 11) is 0. The fourth-order valence-electron chi connectivity index (χ4n) is 5.28. The van der Waals surface area contributed by atoms with Gasteiger partial charge < -0.3 is 29.4 Å². The van der Waals surface area contributed by atoms with Crippen molar-refractivity contribution in [3.63, 3.8) is 0 Å². The number of carbonyl (C=O) groups is 3. The predicted molar refractivity (Wildman–Crippen MR) is 161 cm³/mol. The van der Waals surface area contributed by atoms with Crippen molar-refractivity contribution in [1.82, 2.24) is 20.1 Å². The Bertz CT molecular complexity index is 1310. The van der Waals surface area contributed by atoms with E-state index in [1.807, 2.05) is 74.5 Å². The fraction of sp³-hybridized carbons (Fsp3) is 0.455. The summed E-state index contributed by atoms with van der Waals surface area (Å²) < 4.78 is 11.1. The SMILES string of the molecule is CC(C)CC(NC(=O)OCc1ccccc1)C(=O)N(CCc1nc(C(=O)N2CCCCC2)co1)C(CO)c1ccccc1. The van der Waals surface area contributed by atoms with E-state index in [0.717, 1.165) is 30.4 Å². The fourth-order valence-corrected chi connectivity index (χ4v) is 5.28. The van der Waals surface area contributed by atoms with Gasteiger partial charge in [0.1, 0.15) is 18.9 Å². The Morgan fingerprint density at radius 3 is 2.35 bits per heavy atom. The maximum Gasteiger partial charge on any atom is 0.408 e. The van der Waals surface area contributed by atoms with Crippen LogP contribution in [0, 0.1) is 5.92 Å². The number of piperidine rings is 1. The molecule has 0 aliphatic carbocycles. The van der Waals surface area contributed by atoms with Gasteiger partial charge in [0.05, 0.1) is 12.6 Å². The van der Waals surface area contributed by atoms with Crippen LogP contribution >= 0.6 is 0 Å². The van der Waals surface area contributed by atoms with Gasteiger partial charge in [-0.1, -0.05) is 74.5 Å². The highest BCUT2D eigenvalue weighted by Gasteiger charge is 2.33. The molecule has 2 heterocycles. The second-order valence-electron chi connectivity index (χ2n) is 11.3. The molecule has 2 unspecified atom stereocenters. The summed E-state index contributed by atoms with van der Waals surface area (Å²) in [5.41, 5.74) is 1.83. The molecule has 4 rings (SSSR count). The number of amides is 3. The first kappa shape index (κ1) is 31.7. The molecule has 10 heteroatoms. The van der Waals surface area contributed by atoms with Crippen LogP contribution in [0.15, 0.2) is 71.3 Å². The summed E-state index contributed by atoms with van der Waals surface area (Å²) in [5, 5.41) is 13.2. The summed E-state index contributed by atoms with van der Waals surface area (Å²) in [6.07, 6.45) is 4.32. The molecule has 3 aromatic rings. The van der Waals surface area contributed by atoms with Crippen molar-refractivity contribution in [1.29, 1.82) is 0 Å². The molecule has 2 N–H and O–H groups in total. The third-order valence-electron chi connectivity index (χ3n) is 7.51. The Balaban J connectivity index is 1.50. The van der Waals surface area contributed by atoms with Crippen LogP contribution < -0.4 is 5.32 Å². The van der Waals surface area contributed by atoms with E-state index >= 15 is 0 Å². The third-order valence-corrected chi connectivity index (χ3v) is 7.51. The number of carbonyl (C=O) groups excluding carboxylic acids is 3. The number of alkyl carbamates (subject to hydrolysis) is 1. The molecule has 0 spiro atoms. The van der Waals surface area contributed by atoms with E-state index < -0.39 is 18.2 Å². The molecule has 1 aliphatic heterocycles. The van der Waals surface area contributed by atoms with Crippen molar-refractivity contribution in [3.8, 4) is 0 Å². The number of aliphatic hydroxyl groups is 1. The van der Waals surface area contributed by atoms with E-state index in [-0.39, 0.29) is 49.6 Å². The zero-order valence-electron chi connectivity index (χ0n) is 25.0. The van der Waals surface area contributed by atoms with E-state index in [2.05, 4.69) is 10.3 Å². The second kappa shape index (κ2) is 15.9. The van der Waals surface area contributed by atoms with Crippen LogP contribution in [0.25, 0.3) is 0 Å². The Hall–Kier alpha value is -4.18. The van der Waals surface area contributed by atoms with E-state index in [1.54, 1.807) is 9.80 Å². The van der Waals surface area contributed by atoms with Crippen molar-refractivity contribution in [2.45, 2.75) is 64.6 Å². The van der Waals surface area contributed by atoms with E-state index in [4.69, 9.17) is 9.15 Å². The molecule has 0 radical (unpaired) electrons. The molecule has 43 heavy (non-hydrogen) atoms. The number of hydrogen-bond donors (Lipinski definition) is 2. The highest BCUT2D eigenvalue weighted by atomic mass is 16.5. The summed E-state index contributed by atoms with van der Waals surface area (Å²) in [6, 6.07) is 17.0. The average molecular weight is 591 g/mol. The van der Waals surface area contributed by atoms with Crippen LogP contribution in [-0.4, -0.2) is 70.1 Å². The minimum absolute atomic E-state index is 0.0743. The van der Waals surface area contributed by atoms with E-state index in [1.165, 1.54) is 6.26 Å². The van der Waals surface area contributed by atoms with Gasteiger partial charge in [-0.25, -0.2) is 9.78 Å². The maximum atomic E-state index is 14.1. The number of rotatable bonds is 13. The molecule has 0 saturated carbocycles. The van der Waals surface area contributed by atoms with Crippen LogP contribution in [0.4, 0.5) is 4.79 Å². The van der Waals surface area contributed by atoms with Gasteiger partial charge in [0.15, 0.2) is 11.6 Å². The number of aromatic nitrogens is 1. The van der Waals surface area contributed by atoms with Gasteiger partial charge in [0, 0.05) is 26.1 Å². The average Bonchev–Trinajstić information content (AvgIpc) is 3.51. The summed E-state index contributed by atoms with van der Waals surface area (Å²) in [6.45, 7) is 5.24. The van der Waals surface area contributed by atoms with Gasteiger partial charge in [-0.05, 0) is 42.7 Å². The second-order valence-corrected chi connectivity index (χ2v) is 11.3. The largest absolute Gasteiger partial charge is 0.448 e. The van der Waals surface area contributed by atoms with Crippen molar-refractivity contribution in [3.05, 3.63) is 89.6 Å². The monoisotopic (exact) mass is 590 g/mol. The molecule has 3 amide bonds. The molecular formula is C33H42N4O6. The zero-order chi connectivity index (χ0) is 30.6. The van der Waals surface area contributed by atoms with Crippen molar-refractivity contribution in [2.24, 2.45) is 5.92 Å².